The molecule has 0 saturated heterocycles. The molecule has 25 heavy (non-hydrogen) atoms. The quantitative estimate of drug-likeness (QED) is 0.690. The average Bonchev–Trinajstić information content (AvgIpc) is 3.02. The molecular formula is C16H24ClN5O3. The number of anilines is 1. The lowest BCUT2D eigenvalue weighted by molar-refractivity contribution is -0.120. The van der Waals surface area contributed by atoms with E-state index in [0.29, 0.717) is 29.3 Å². The lowest BCUT2D eigenvalue weighted by Gasteiger charge is -2.21. The van der Waals surface area contributed by atoms with Gasteiger partial charge in [0.05, 0.1) is 25.3 Å². The van der Waals surface area contributed by atoms with Gasteiger partial charge in [-0.15, -0.1) is 17.5 Å². The minimum absolute atomic E-state index is 0. The molecule has 9 heteroatoms. The summed E-state index contributed by atoms with van der Waals surface area (Å²) < 4.78 is 10.5. The maximum absolute atomic E-state index is 12.2. The van der Waals surface area contributed by atoms with Gasteiger partial charge in [-0.05, 0) is 25.5 Å². The second-order valence-electron chi connectivity index (χ2n) is 5.70. The van der Waals surface area contributed by atoms with E-state index in [1.54, 1.807) is 39.3 Å². The van der Waals surface area contributed by atoms with Crippen molar-refractivity contribution >= 4 is 24.3 Å². The van der Waals surface area contributed by atoms with Crippen LogP contribution in [0.2, 0.25) is 0 Å². The van der Waals surface area contributed by atoms with E-state index < -0.39 is 5.54 Å². The Bertz CT molecular complexity index is 718. The Hall–Kier alpha value is -2.32. The van der Waals surface area contributed by atoms with Crippen LogP contribution in [-0.4, -0.2) is 40.8 Å². The first kappa shape index (κ1) is 20.7. The Kier molecular flexibility index (Phi) is 7.20. The van der Waals surface area contributed by atoms with Gasteiger partial charge in [-0.3, -0.25) is 15.2 Å². The predicted molar refractivity (Wildman–Crippen MR) is 98.3 cm³/mol. The number of nitrogens with two attached hydrogens (primary N) is 1. The van der Waals surface area contributed by atoms with Gasteiger partial charge in [0.1, 0.15) is 11.5 Å². The largest absolute Gasteiger partial charge is 0.497 e. The highest BCUT2D eigenvalue weighted by Gasteiger charge is 2.28. The number of rotatable bonds is 7. The summed E-state index contributed by atoms with van der Waals surface area (Å²) in [4.78, 5) is 16.5. The minimum atomic E-state index is -0.965. The van der Waals surface area contributed by atoms with E-state index in [1.807, 2.05) is 6.92 Å². The van der Waals surface area contributed by atoms with Crippen molar-refractivity contribution in [3.8, 4) is 22.9 Å². The molecule has 0 aliphatic rings. The number of methoxy groups -OCH3 is 2. The Morgan fingerprint density at radius 3 is 2.68 bits per heavy atom. The normalized spacial score (nSPS) is 12.7. The monoisotopic (exact) mass is 369 g/mol. The van der Waals surface area contributed by atoms with Gasteiger partial charge in [-0.1, -0.05) is 13.3 Å². The zero-order chi connectivity index (χ0) is 17.7. The van der Waals surface area contributed by atoms with Crippen LogP contribution in [0.4, 0.5) is 5.95 Å². The molecule has 0 aliphatic heterocycles. The molecule has 0 saturated carbocycles. The van der Waals surface area contributed by atoms with Crippen LogP contribution >= 0.6 is 12.4 Å². The Morgan fingerprint density at radius 2 is 2.08 bits per heavy atom. The number of aromatic nitrogens is 3. The van der Waals surface area contributed by atoms with Crippen molar-refractivity contribution in [1.82, 2.24) is 15.2 Å². The Balaban J connectivity index is 0.00000312. The van der Waals surface area contributed by atoms with Crippen LogP contribution in [0.1, 0.15) is 26.7 Å². The summed E-state index contributed by atoms with van der Waals surface area (Å²) in [6.45, 7) is 3.66. The highest BCUT2D eigenvalue weighted by Crippen LogP contribution is 2.31. The molecule has 0 fully saturated rings. The molecule has 0 spiro atoms. The molecule has 138 valence electrons. The van der Waals surface area contributed by atoms with Gasteiger partial charge in [0.15, 0.2) is 5.82 Å². The number of carbonyl (C=O) groups excluding carboxylic acids is 1. The molecule has 1 atom stereocenters. The fourth-order valence-electron chi connectivity index (χ4n) is 2.31. The molecule has 1 aromatic heterocycles. The SMILES string of the molecule is CCCC(C)(N)C(=O)Nc1n[nH]c(-c2ccc(OC)cc2OC)n1.Cl. The third-order valence-corrected chi connectivity index (χ3v) is 3.66. The van der Waals surface area contributed by atoms with Gasteiger partial charge >= 0.3 is 0 Å². The first-order chi connectivity index (χ1) is 11.4. The van der Waals surface area contributed by atoms with Crippen LogP contribution in [0.25, 0.3) is 11.4 Å². The molecule has 1 aromatic carbocycles. The molecular weight excluding hydrogens is 346 g/mol. The number of ether oxygens (including phenoxy) is 2. The molecule has 1 amide bonds. The number of carbonyl (C=O) groups is 1. The Labute approximate surface area is 152 Å². The predicted octanol–water partition coefficient (Wildman–Crippen LogP) is 2.37. The maximum atomic E-state index is 12.2. The van der Waals surface area contributed by atoms with E-state index in [0.717, 1.165) is 6.42 Å². The van der Waals surface area contributed by atoms with Gasteiger partial charge in [0.2, 0.25) is 11.9 Å². The van der Waals surface area contributed by atoms with Crippen molar-refractivity contribution in [1.29, 1.82) is 0 Å². The molecule has 1 heterocycles. The van der Waals surface area contributed by atoms with Crippen molar-refractivity contribution < 1.29 is 14.3 Å². The number of nitrogens with zero attached hydrogens (tertiary/aromatic N) is 2. The zero-order valence-corrected chi connectivity index (χ0v) is 15.6. The second-order valence-corrected chi connectivity index (χ2v) is 5.70. The molecule has 0 radical (unpaired) electrons. The van der Waals surface area contributed by atoms with Crippen molar-refractivity contribution in [2.45, 2.75) is 32.2 Å². The topological polar surface area (TPSA) is 115 Å². The molecule has 2 aromatic rings. The van der Waals surface area contributed by atoms with Gasteiger partial charge < -0.3 is 15.2 Å². The van der Waals surface area contributed by atoms with Gasteiger partial charge in [0.25, 0.3) is 0 Å². The third kappa shape index (κ3) is 4.83. The summed E-state index contributed by atoms with van der Waals surface area (Å²) >= 11 is 0. The standard InChI is InChI=1S/C16H23N5O3.ClH/c1-5-8-16(2,17)14(22)19-15-18-13(20-21-15)11-7-6-10(23-3)9-12(11)24-4;/h6-7,9H,5,8,17H2,1-4H3,(H2,18,19,20,21,22);1H. The van der Waals surface area contributed by atoms with E-state index in [9.17, 15) is 4.79 Å². The summed E-state index contributed by atoms with van der Waals surface area (Å²) in [7, 11) is 3.14. The highest BCUT2D eigenvalue weighted by molar-refractivity contribution is 5.96. The number of nitrogens with one attached hydrogen (secondary N) is 2. The molecule has 1 unspecified atom stereocenters. The average molecular weight is 370 g/mol. The first-order valence-electron chi connectivity index (χ1n) is 7.66. The fourth-order valence-corrected chi connectivity index (χ4v) is 2.31. The summed E-state index contributed by atoms with van der Waals surface area (Å²) in [6.07, 6.45) is 1.38. The maximum Gasteiger partial charge on any atom is 0.249 e. The number of benzene rings is 1. The highest BCUT2D eigenvalue weighted by atomic mass is 35.5. The molecule has 0 bridgehead atoms. The van der Waals surface area contributed by atoms with Crippen molar-refractivity contribution in [3.63, 3.8) is 0 Å². The van der Waals surface area contributed by atoms with Gasteiger partial charge in [-0.2, -0.15) is 4.98 Å². The van der Waals surface area contributed by atoms with Crippen LogP contribution in [0.5, 0.6) is 11.5 Å². The van der Waals surface area contributed by atoms with E-state index in [2.05, 4.69) is 20.5 Å². The zero-order valence-electron chi connectivity index (χ0n) is 14.8. The van der Waals surface area contributed by atoms with Gasteiger partial charge in [0, 0.05) is 6.07 Å². The fraction of sp³-hybridized carbons (Fsp3) is 0.438. The second kappa shape index (κ2) is 8.68. The first-order valence-corrected chi connectivity index (χ1v) is 7.66. The number of aromatic amines is 1. The number of amides is 1. The third-order valence-electron chi connectivity index (χ3n) is 3.66. The van der Waals surface area contributed by atoms with Crippen molar-refractivity contribution in [2.24, 2.45) is 5.73 Å². The smallest absolute Gasteiger partial charge is 0.249 e. The van der Waals surface area contributed by atoms with Crippen LogP contribution in [0, 0.1) is 0 Å². The van der Waals surface area contributed by atoms with Crippen molar-refractivity contribution in [2.75, 3.05) is 19.5 Å². The van der Waals surface area contributed by atoms with Crippen LogP contribution in [0.3, 0.4) is 0 Å². The van der Waals surface area contributed by atoms with E-state index in [4.69, 9.17) is 15.2 Å². The van der Waals surface area contributed by atoms with E-state index >= 15 is 0 Å². The molecule has 4 N–H and O–H groups in total. The lowest BCUT2D eigenvalue weighted by Crippen LogP contribution is -2.48. The van der Waals surface area contributed by atoms with Crippen LogP contribution < -0.4 is 20.5 Å². The number of hydrogen-bond acceptors (Lipinski definition) is 6. The minimum Gasteiger partial charge on any atom is -0.497 e. The number of halogens is 1. The summed E-state index contributed by atoms with van der Waals surface area (Å²) in [5, 5.41) is 9.43. The summed E-state index contributed by atoms with van der Waals surface area (Å²) in [5.41, 5.74) is 5.74. The molecule has 0 aliphatic carbocycles. The number of H-pyrrole nitrogens is 1. The van der Waals surface area contributed by atoms with Crippen LogP contribution in [0.15, 0.2) is 18.2 Å². The lowest BCUT2D eigenvalue weighted by atomic mass is 9.97. The van der Waals surface area contributed by atoms with E-state index in [1.165, 1.54) is 0 Å². The summed E-state index contributed by atoms with van der Waals surface area (Å²) in [5.74, 6) is 1.57. The van der Waals surface area contributed by atoms with Crippen LogP contribution in [-0.2, 0) is 4.79 Å². The Morgan fingerprint density at radius 1 is 1.36 bits per heavy atom. The number of hydrogen-bond donors (Lipinski definition) is 3. The van der Waals surface area contributed by atoms with Gasteiger partial charge in [-0.25, -0.2) is 0 Å². The molecule has 8 nitrogen and oxygen atoms in total. The van der Waals surface area contributed by atoms with E-state index in [-0.39, 0.29) is 24.3 Å². The summed E-state index contributed by atoms with van der Waals surface area (Å²) in [6, 6.07) is 5.33. The van der Waals surface area contributed by atoms with Crippen molar-refractivity contribution in [3.05, 3.63) is 18.2 Å². The molecule has 2 rings (SSSR count).